The van der Waals surface area contributed by atoms with Gasteiger partial charge in [-0.25, -0.2) is 4.79 Å². The third kappa shape index (κ3) is 5.65. The highest BCUT2D eigenvalue weighted by atomic mass is 16.5. The molecule has 1 rings (SSSR count). The molecule has 0 aliphatic carbocycles. The van der Waals surface area contributed by atoms with Gasteiger partial charge in [0.05, 0.1) is 6.61 Å². The Balaban J connectivity index is 2.56. The van der Waals surface area contributed by atoms with Crippen molar-refractivity contribution < 1.29 is 14.3 Å². The molecule has 1 unspecified atom stereocenters. The maximum Gasteiger partial charge on any atom is 0.348 e. The van der Waals surface area contributed by atoms with E-state index in [4.69, 9.17) is 14.7 Å². The summed E-state index contributed by atoms with van der Waals surface area (Å²) >= 11 is 0. The average molecular weight is 304 g/mol. The summed E-state index contributed by atoms with van der Waals surface area (Å²) in [6, 6.07) is 1.87. The molecular formula is C17H24N2O3. The van der Waals surface area contributed by atoms with Crippen molar-refractivity contribution in [3.63, 3.8) is 0 Å². The van der Waals surface area contributed by atoms with Crippen molar-refractivity contribution in [3.8, 4) is 6.07 Å². The first-order valence-corrected chi connectivity index (χ1v) is 7.67. The van der Waals surface area contributed by atoms with E-state index in [1.807, 2.05) is 13.1 Å². The third-order valence-electron chi connectivity index (χ3n) is 3.55. The van der Waals surface area contributed by atoms with Crippen LogP contribution in [-0.2, 0) is 14.3 Å². The summed E-state index contributed by atoms with van der Waals surface area (Å²) in [6.45, 7) is 4.59. The Morgan fingerprint density at radius 1 is 1.55 bits per heavy atom. The predicted molar refractivity (Wildman–Crippen MR) is 84.0 cm³/mol. The molecule has 120 valence electrons. The van der Waals surface area contributed by atoms with Crippen molar-refractivity contribution in [3.05, 3.63) is 36.1 Å². The quantitative estimate of drug-likeness (QED) is 0.390. The van der Waals surface area contributed by atoms with Gasteiger partial charge in [-0.1, -0.05) is 33.1 Å². The molecule has 1 aliphatic rings. The van der Waals surface area contributed by atoms with E-state index >= 15 is 0 Å². The van der Waals surface area contributed by atoms with Gasteiger partial charge in [-0.2, -0.15) is 5.26 Å². The van der Waals surface area contributed by atoms with Crippen LogP contribution in [0.3, 0.4) is 0 Å². The van der Waals surface area contributed by atoms with Crippen LogP contribution in [-0.4, -0.2) is 24.5 Å². The van der Waals surface area contributed by atoms with E-state index in [1.165, 1.54) is 12.3 Å². The first-order valence-electron chi connectivity index (χ1n) is 7.67. The molecule has 5 heteroatoms. The minimum atomic E-state index is -0.581. The number of carbonyl (C=O) groups is 1. The SMILES string of the molecule is CCCCC(CC)COC(=O)/C(C#N)=C/C=C1/OC=CN1C. The molecule has 0 amide bonds. The molecular weight excluding hydrogens is 280 g/mol. The van der Waals surface area contributed by atoms with Gasteiger partial charge in [0.2, 0.25) is 0 Å². The zero-order valence-electron chi connectivity index (χ0n) is 13.5. The first kappa shape index (κ1) is 17.8. The number of nitriles is 1. The molecule has 1 heterocycles. The highest BCUT2D eigenvalue weighted by Gasteiger charge is 2.14. The van der Waals surface area contributed by atoms with Gasteiger partial charge >= 0.3 is 5.97 Å². The number of esters is 1. The lowest BCUT2D eigenvalue weighted by molar-refractivity contribution is -0.140. The van der Waals surface area contributed by atoms with Gasteiger partial charge in [0.15, 0.2) is 5.88 Å². The lowest BCUT2D eigenvalue weighted by Gasteiger charge is -2.14. The summed E-state index contributed by atoms with van der Waals surface area (Å²) in [6.07, 6.45) is 10.5. The molecule has 0 fully saturated rings. The Morgan fingerprint density at radius 2 is 2.32 bits per heavy atom. The number of unbranched alkanes of at least 4 members (excludes halogenated alkanes) is 1. The van der Waals surface area contributed by atoms with Gasteiger partial charge in [-0.3, -0.25) is 0 Å². The molecule has 0 saturated heterocycles. The lowest BCUT2D eigenvalue weighted by atomic mass is 10.0. The number of rotatable bonds is 8. The first-order chi connectivity index (χ1) is 10.6. The van der Waals surface area contributed by atoms with Gasteiger partial charge in [0.1, 0.15) is 17.9 Å². The van der Waals surface area contributed by atoms with Crippen molar-refractivity contribution in [2.75, 3.05) is 13.7 Å². The van der Waals surface area contributed by atoms with Gasteiger partial charge < -0.3 is 14.4 Å². The Hall–Kier alpha value is -2.22. The van der Waals surface area contributed by atoms with Crippen molar-refractivity contribution in [1.29, 1.82) is 5.26 Å². The molecule has 0 aromatic carbocycles. The monoisotopic (exact) mass is 304 g/mol. The Bertz CT molecular complexity index is 501. The zero-order chi connectivity index (χ0) is 16.4. The Kier molecular flexibility index (Phi) is 7.84. The second-order valence-electron chi connectivity index (χ2n) is 5.23. The number of nitrogens with zero attached hydrogens (tertiary/aromatic N) is 2. The molecule has 1 atom stereocenters. The van der Waals surface area contributed by atoms with Crippen LogP contribution in [0.15, 0.2) is 36.1 Å². The fourth-order valence-electron chi connectivity index (χ4n) is 1.98. The fraction of sp³-hybridized carbons (Fsp3) is 0.529. The average Bonchev–Trinajstić information content (AvgIpc) is 2.93. The van der Waals surface area contributed by atoms with Gasteiger partial charge in [-0.15, -0.1) is 0 Å². The number of carbonyl (C=O) groups excluding carboxylic acids is 1. The summed E-state index contributed by atoms with van der Waals surface area (Å²) in [5, 5.41) is 9.08. The summed E-state index contributed by atoms with van der Waals surface area (Å²) in [5.41, 5.74) is -0.0262. The number of hydrogen-bond acceptors (Lipinski definition) is 5. The van der Waals surface area contributed by atoms with E-state index in [9.17, 15) is 4.79 Å². The topological polar surface area (TPSA) is 62.6 Å². The van der Waals surface area contributed by atoms with Gasteiger partial charge in [-0.05, 0) is 18.4 Å². The molecule has 0 radical (unpaired) electrons. The standard InChI is InChI=1S/C17H24N2O3/c1-4-6-7-14(5-2)13-22-17(20)15(12-18)8-9-16-19(3)10-11-21-16/h8-11,14H,4-7,13H2,1-3H3/b15-8+,16-9+. The van der Waals surface area contributed by atoms with Crippen LogP contribution in [0, 0.1) is 17.2 Å². The maximum absolute atomic E-state index is 11.9. The smallest absolute Gasteiger partial charge is 0.348 e. The van der Waals surface area contributed by atoms with Crippen molar-refractivity contribution in [2.45, 2.75) is 39.5 Å². The normalized spacial score (nSPS) is 17.3. The van der Waals surface area contributed by atoms with Crippen LogP contribution < -0.4 is 0 Å². The van der Waals surface area contributed by atoms with E-state index in [-0.39, 0.29) is 5.57 Å². The predicted octanol–water partition coefficient (Wildman–Crippen LogP) is 3.47. The summed E-state index contributed by atoms with van der Waals surface area (Å²) in [5.74, 6) is 0.327. The van der Waals surface area contributed by atoms with Crippen molar-refractivity contribution in [1.82, 2.24) is 4.90 Å². The Morgan fingerprint density at radius 3 is 2.86 bits per heavy atom. The Labute approximate surface area is 132 Å². The molecule has 5 nitrogen and oxygen atoms in total. The number of hydrogen-bond donors (Lipinski definition) is 0. The fourth-order valence-corrected chi connectivity index (χ4v) is 1.98. The highest BCUT2D eigenvalue weighted by molar-refractivity contribution is 5.93. The minimum absolute atomic E-state index is 0.0262. The van der Waals surface area contributed by atoms with Crippen LogP contribution in [0.5, 0.6) is 0 Å². The largest absolute Gasteiger partial charge is 0.461 e. The summed E-state index contributed by atoms with van der Waals surface area (Å²) in [7, 11) is 1.81. The lowest BCUT2D eigenvalue weighted by Crippen LogP contribution is -2.15. The molecule has 0 N–H and O–H groups in total. The molecule has 0 aromatic rings. The van der Waals surface area contributed by atoms with Gasteiger partial charge in [0.25, 0.3) is 0 Å². The van der Waals surface area contributed by atoms with Crippen LogP contribution in [0.1, 0.15) is 39.5 Å². The van der Waals surface area contributed by atoms with E-state index < -0.39 is 5.97 Å². The summed E-state index contributed by atoms with van der Waals surface area (Å²) < 4.78 is 10.5. The second-order valence-corrected chi connectivity index (χ2v) is 5.23. The van der Waals surface area contributed by atoms with Crippen molar-refractivity contribution >= 4 is 5.97 Å². The van der Waals surface area contributed by atoms with Crippen molar-refractivity contribution in [2.24, 2.45) is 5.92 Å². The van der Waals surface area contributed by atoms with Crippen LogP contribution in [0.2, 0.25) is 0 Å². The summed E-state index contributed by atoms with van der Waals surface area (Å²) in [4.78, 5) is 13.7. The van der Waals surface area contributed by atoms with Crippen LogP contribution in [0.25, 0.3) is 0 Å². The van der Waals surface area contributed by atoms with E-state index in [2.05, 4.69) is 13.8 Å². The molecule has 0 spiro atoms. The zero-order valence-corrected chi connectivity index (χ0v) is 13.5. The number of ether oxygens (including phenoxy) is 2. The molecule has 0 saturated carbocycles. The molecule has 0 bridgehead atoms. The number of allylic oxidation sites excluding steroid dienone is 2. The maximum atomic E-state index is 11.9. The molecule has 1 aliphatic heterocycles. The van der Waals surface area contributed by atoms with E-state index in [0.717, 1.165) is 25.7 Å². The van der Waals surface area contributed by atoms with Crippen LogP contribution in [0.4, 0.5) is 0 Å². The van der Waals surface area contributed by atoms with E-state index in [0.29, 0.717) is 18.4 Å². The third-order valence-corrected chi connectivity index (χ3v) is 3.55. The minimum Gasteiger partial charge on any atom is -0.461 e. The van der Waals surface area contributed by atoms with Crippen LogP contribution >= 0.6 is 0 Å². The van der Waals surface area contributed by atoms with Gasteiger partial charge in [0, 0.05) is 19.3 Å². The molecule has 22 heavy (non-hydrogen) atoms. The van der Waals surface area contributed by atoms with E-state index in [1.54, 1.807) is 17.2 Å². The second kappa shape index (κ2) is 9.67. The highest BCUT2D eigenvalue weighted by Crippen LogP contribution is 2.15. The molecule has 0 aromatic heterocycles.